The van der Waals surface area contributed by atoms with Gasteiger partial charge in [-0.05, 0) is 25.1 Å². The maximum absolute atomic E-state index is 12.4. The largest absolute Gasteiger partial charge is 0.495 e. The number of rotatable bonds is 5. The van der Waals surface area contributed by atoms with Crippen molar-refractivity contribution in [3.8, 4) is 11.8 Å². The van der Waals surface area contributed by atoms with Gasteiger partial charge in [-0.1, -0.05) is 15.9 Å². The first-order valence-corrected chi connectivity index (χ1v) is 7.75. The fourth-order valence-electron chi connectivity index (χ4n) is 1.54. The van der Waals surface area contributed by atoms with Crippen molar-refractivity contribution in [3.63, 3.8) is 0 Å². The van der Waals surface area contributed by atoms with Gasteiger partial charge in [0, 0.05) is 18.1 Å². The van der Waals surface area contributed by atoms with Crippen molar-refractivity contribution < 1.29 is 13.2 Å². The number of nitriles is 1. The number of hydrogen-bond acceptors (Lipinski definition) is 4. The molecule has 0 aromatic heterocycles. The standard InChI is InChI=1S/C12H15BrN2O3S/c1-9(7-14)8-15(2)19(16,17)12-6-10(13)4-5-11(12)18-3/h4-6,9H,8H2,1-3H3. The van der Waals surface area contributed by atoms with Gasteiger partial charge in [0.25, 0.3) is 0 Å². The Morgan fingerprint density at radius 3 is 2.68 bits per heavy atom. The second-order valence-electron chi connectivity index (χ2n) is 4.11. The second kappa shape index (κ2) is 6.37. The molecule has 1 aromatic rings. The predicted octanol–water partition coefficient (Wildman–Crippen LogP) is 2.24. The fourth-order valence-corrected chi connectivity index (χ4v) is 3.49. The average molecular weight is 347 g/mol. The summed E-state index contributed by atoms with van der Waals surface area (Å²) in [6.07, 6.45) is 0. The quantitative estimate of drug-likeness (QED) is 0.819. The monoisotopic (exact) mass is 346 g/mol. The highest BCUT2D eigenvalue weighted by molar-refractivity contribution is 9.10. The van der Waals surface area contributed by atoms with E-state index >= 15 is 0 Å². The van der Waals surface area contributed by atoms with Crippen molar-refractivity contribution in [2.75, 3.05) is 20.7 Å². The van der Waals surface area contributed by atoms with Gasteiger partial charge in [0.2, 0.25) is 10.0 Å². The molecule has 0 saturated heterocycles. The van der Waals surface area contributed by atoms with Crippen LogP contribution in [-0.2, 0) is 10.0 Å². The van der Waals surface area contributed by atoms with Crippen molar-refractivity contribution in [2.24, 2.45) is 5.92 Å². The molecule has 0 spiro atoms. The third-order valence-electron chi connectivity index (χ3n) is 2.57. The molecule has 7 heteroatoms. The molecule has 1 aromatic carbocycles. The number of methoxy groups -OCH3 is 1. The molecule has 0 saturated carbocycles. The van der Waals surface area contributed by atoms with Crippen LogP contribution in [0.3, 0.4) is 0 Å². The Morgan fingerprint density at radius 2 is 2.16 bits per heavy atom. The smallest absolute Gasteiger partial charge is 0.246 e. The van der Waals surface area contributed by atoms with Crippen molar-refractivity contribution in [3.05, 3.63) is 22.7 Å². The second-order valence-corrected chi connectivity index (χ2v) is 7.04. The highest BCUT2D eigenvalue weighted by atomic mass is 79.9. The lowest BCUT2D eigenvalue weighted by Gasteiger charge is -2.19. The molecule has 19 heavy (non-hydrogen) atoms. The molecule has 0 aliphatic heterocycles. The minimum absolute atomic E-state index is 0.0806. The lowest BCUT2D eigenvalue weighted by molar-refractivity contribution is 0.395. The summed E-state index contributed by atoms with van der Waals surface area (Å²) >= 11 is 3.24. The zero-order chi connectivity index (χ0) is 14.6. The van der Waals surface area contributed by atoms with Crippen molar-refractivity contribution in [1.29, 1.82) is 5.26 Å². The van der Waals surface area contributed by atoms with Gasteiger partial charge in [-0.3, -0.25) is 0 Å². The Kier molecular flexibility index (Phi) is 5.35. The zero-order valence-corrected chi connectivity index (χ0v) is 13.3. The summed E-state index contributed by atoms with van der Waals surface area (Å²) in [6, 6.07) is 6.79. The van der Waals surface area contributed by atoms with Crippen molar-refractivity contribution in [1.82, 2.24) is 4.31 Å². The number of benzene rings is 1. The third-order valence-corrected chi connectivity index (χ3v) is 4.90. The van der Waals surface area contributed by atoms with Crippen LogP contribution in [0.25, 0.3) is 0 Å². The Bertz CT molecular complexity index is 595. The molecule has 1 atom stereocenters. The zero-order valence-electron chi connectivity index (χ0n) is 10.9. The van der Waals surface area contributed by atoms with E-state index < -0.39 is 10.0 Å². The molecule has 0 bridgehead atoms. The number of ether oxygens (including phenoxy) is 1. The van der Waals surface area contributed by atoms with Crippen LogP contribution in [0.1, 0.15) is 6.92 Å². The molecule has 0 fully saturated rings. The van der Waals surface area contributed by atoms with Gasteiger partial charge in [0.15, 0.2) is 0 Å². The van der Waals surface area contributed by atoms with Crippen LogP contribution in [-0.4, -0.2) is 33.4 Å². The third kappa shape index (κ3) is 3.69. The van der Waals surface area contributed by atoms with Gasteiger partial charge in [0.1, 0.15) is 10.6 Å². The molecule has 0 aliphatic rings. The van der Waals surface area contributed by atoms with E-state index in [4.69, 9.17) is 10.00 Å². The molecule has 0 amide bonds. The summed E-state index contributed by atoms with van der Waals surface area (Å²) in [4.78, 5) is 0.0806. The van der Waals surface area contributed by atoms with E-state index in [9.17, 15) is 8.42 Å². The van der Waals surface area contributed by atoms with Gasteiger partial charge >= 0.3 is 0 Å². The van der Waals surface area contributed by atoms with Crippen LogP contribution in [0.15, 0.2) is 27.6 Å². The Hall–Kier alpha value is -1.10. The Balaban J connectivity index is 3.20. The van der Waals surface area contributed by atoms with Crippen LogP contribution in [0.5, 0.6) is 5.75 Å². The minimum Gasteiger partial charge on any atom is -0.495 e. The molecule has 1 unspecified atom stereocenters. The Morgan fingerprint density at radius 1 is 1.53 bits per heavy atom. The highest BCUT2D eigenvalue weighted by Crippen LogP contribution is 2.29. The summed E-state index contributed by atoms with van der Waals surface area (Å²) in [6.45, 7) is 1.80. The lowest BCUT2D eigenvalue weighted by atomic mass is 10.2. The van der Waals surface area contributed by atoms with E-state index in [1.807, 2.05) is 6.07 Å². The molecule has 1 rings (SSSR count). The first kappa shape index (κ1) is 16.0. The van der Waals surface area contributed by atoms with E-state index in [0.29, 0.717) is 4.47 Å². The molecular weight excluding hydrogens is 332 g/mol. The number of halogens is 1. The molecule has 0 heterocycles. The van der Waals surface area contributed by atoms with E-state index in [1.165, 1.54) is 20.2 Å². The van der Waals surface area contributed by atoms with Gasteiger partial charge < -0.3 is 4.74 Å². The van der Waals surface area contributed by atoms with Gasteiger partial charge in [-0.25, -0.2) is 8.42 Å². The summed E-state index contributed by atoms with van der Waals surface area (Å²) in [5.41, 5.74) is 0. The predicted molar refractivity (Wildman–Crippen MR) is 75.3 cm³/mol. The van der Waals surface area contributed by atoms with Crippen LogP contribution in [0.2, 0.25) is 0 Å². The maximum atomic E-state index is 12.4. The van der Waals surface area contributed by atoms with Gasteiger partial charge in [-0.2, -0.15) is 9.57 Å². The normalized spacial score (nSPS) is 13.1. The minimum atomic E-state index is -3.68. The van der Waals surface area contributed by atoms with Crippen LogP contribution in [0, 0.1) is 17.2 Å². The highest BCUT2D eigenvalue weighted by Gasteiger charge is 2.26. The van der Waals surface area contributed by atoms with Crippen LogP contribution < -0.4 is 4.74 Å². The number of hydrogen-bond donors (Lipinski definition) is 0. The van der Waals surface area contributed by atoms with Gasteiger partial charge in [-0.15, -0.1) is 0 Å². The van der Waals surface area contributed by atoms with E-state index in [0.717, 1.165) is 4.31 Å². The molecule has 0 aliphatic carbocycles. The lowest BCUT2D eigenvalue weighted by Crippen LogP contribution is -2.31. The van der Waals surface area contributed by atoms with Crippen LogP contribution in [0.4, 0.5) is 0 Å². The van der Waals surface area contributed by atoms with E-state index in [-0.39, 0.29) is 23.1 Å². The SMILES string of the molecule is COc1ccc(Br)cc1S(=O)(=O)N(C)CC(C)C#N. The van der Waals surface area contributed by atoms with Crippen molar-refractivity contribution >= 4 is 26.0 Å². The van der Waals surface area contributed by atoms with E-state index in [2.05, 4.69) is 15.9 Å². The first-order valence-electron chi connectivity index (χ1n) is 5.52. The molecular formula is C12H15BrN2O3S. The number of nitrogens with zero attached hydrogens (tertiary/aromatic N) is 2. The maximum Gasteiger partial charge on any atom is 0.246 e. The Labute approximate surface area is 122 Å². The fraction of sp³-hybridized carbons (Fsp3) is 0.417. The van der Waals surface area contributed by atoms with Crippen LogP contribution >= 0.6 is 15.9 Å². The molecule has 0 N–H and O–H groups in total. The molecule has 104 valence electrons. The summed E-state index contributed by atoms with van der Waals surface area (Å²) in [7, 11) is -0.817. The summed E-state index contributed by atoms with van der Waals surface area (Å²) in [5.74, 6) is -0.0995. The molecule has 0 radical (unpaired) electrons. The topological polar surface area (TPSA) is 70.4 Å². The summed E-state index contributed by atoms with van der Waals surface area (Å²) < 4.78 is 31.7. The van der Waals surface area contributed by atoms with Gasteiger partial charge in [0.05, 0.1) is 19.1 Å². The number of sulfonamides is 1. The average Bonchev–Trinajstić information content (AvgIpc) is 2.38. The van der Waals surface area contributed by atoms with E-state index in [1.54, 1.807) is 19.1 Å². The first-order chi connectivity index (χ1) is 8.82. The summed E-state index contributed by atoms with van der Waals surface area (Å²) in [5, 5.41) is 8.76. The molecule has 5 nitrogen and oxygen atoms in total. The van der Waals surface area contributed by atoms with Crippen molar-refractivity contribution in [2.45, 2.75) is 11.8 Å².